The zero-order valence-corrected chi connectivity index (χ0v) is 12.7. The molecule has 1 aromatic carbocycles. The molecule has 4 heteroatoms. The summed E-state index contributed by atoms with van der Waals surface area (Å²) in [7, 11) is 4.92. The van der Waals surface area contributed by atoms with Crippen LogP contribution in [-0.2, 0) is 6.42 Å². The van der Waals surface area contributed by atoms with Crippen LogP contribution in [0.15, 0.2) is 6.07 Å². The smallest absolute Gasteiger partial charge is 0.203 e. The second kappa shape index (κ2) is 5.91. The Morgan fingerprint density at radius 3 is 2.37 bits per heavy atom. The highest BCUT2D eigenvalue weighted by atomic mass is 35.5. The van der Waals surface area contributed by atoms with Crippen LogP contribution in [0.25, 0.3) is 0 Å². The molecule has 1 aromatic rings. The van der Waals surface area contributed by atoms with E-state index in [0.717, 1.165) is 36.1 Å². The summed E-state index contributed by atoms with van der Waals surface area (Å²) in [6, 6.07) is 1.99. The Hall–Kier alpha value is -1.09. The van der Waals surface area contributed by atoms with Crippen LogP contribution in [0.4, 0.5) is 0 Å². The lowest BCUT2D eigenvalue weighted by Gasteiger charge is -2.20. The third kappa shape index (κ3) is 2.62. The monoisotopic (exact) mass is 284 g/mol. The average Bonchev–Trinajstić information content (AvgIpc) is 2.55. The fraction of sp³-hybridized carbons (Fsp3) is 0.600. The molecule has 0 heterocycles. The molecule has 2 rings (SSSR count). The minimum Gasteiger partial charge on any atom is -0.493 e. The van der Waals surface area contributed by atoms with Crippen molar-refractivity contribution < 1.29 is 14.2 Å². The summed E-state index contributed by atoms with van der Waals surface area (Å²) < 4.78 is 16.4. The third-order valence-electron chi connectivity index (χ3n) is 3.80. The van der Waals surface area contributed by atoms with Gasteiger partial charge in [-0.2, -0.15) is 0 Å². The molecule has 0 spiro atoms. The van der Waals surface area contributed by atoms with Crippen molar-refractivity contribution in [3.63, 3.8) is 0 Å². The highest BCUT2D eigenvalue weighted by molar-refractivity contribution is 6.21. The van der Waals surface area contributed by atoms with E-state index in [2.05, 4.69) is 6.92 Å². The topological polar surface area (TPSA) is 27.7 Å². The van der Waals surface area contributed by atoms with Crippen LogP contribution in [0.5, 0.6) is 17.2 Å². The van der Waals surface area contributed by atoms with E-state index in [4.69, 9.17) is 25.8 Å². The van der Waals surface area contributed by atoms with Gasteiger partial charge in [-0.1, -0.05) is 6.92 Å². The molecule has 0 radical (unpaired) electrons. The van der Waals surface area contributed by atoms with Crippen LogP contribution < -0.4 is 14.2 Å². The molecule has 0 N–H and O–H groups in total. The molecule has 0 fully saturated rings. The van der Waals surface area contributed by atoms with Crippen molar-refractivity contribution in [3.8, 4) is 17.2 Å². The molecule has 0 bridgehead atoms. The van der Waals surface area contributed by atoms with Gasteiger partial charge in [0.1, 0.15) is 0 Å². The Labute approximate surface area is 119 Å². The lowest BCUT2D eigenvalue weighted by Crippen LogP contribution is -2.03. The summed E-state index contributed by atoms with van der Waals surface area (Å²) in [6.07, 6.45) is 3.05. The molecule has 3 nitrogen and oxygen atoms in total. The van der Waals surface area contributed by atoms with E-state index in [0.29, 0.717) is 17.4 Å². The van der Waals surface area contributed by atoms with Crippen LogP contribution >= 0.6 is 11.6 Å². The fourth-order valence-electron chi connectivity index (χ4n) is 2.76. The van der Waals surface area contributed by atoms with Crippen LogP contribution in [0.3, 0.4) is 0 Å². The van der Waals surface area contributed by atoms with Crippen LogP contribution in [0, 0.1) is 5.92 Å². The zero-order chi connectivity index (χ0) is 14.0. The number of hydrogen-bond donors (Lipinski definition) is 0. The molecule has 0 saturated heterocycles. The molecule has 1 aliphatic carbocycles. The van der Waals surface area contributed by atoms with Gasteiger partial charge in [-0.25, -0.2) is 0 Å². The van der Waals surface area contributed by atoms with Crippen molar-refractivity contribution in [2.45, 2.75) is 31.6 Å². The van der Waals surface area contributed by atoms with Gasteiger partial charge in [0.05, 0.1) is 26.7 Å². The first-order valence-corrected chi connectivity index (χ1v) is 7.01. The minimum absolute atomic E-state index is 0.00112. The highest BCUT2D eigenvalue weighted by Crippen LogP contribution is 2.48. The predicted octanol–water partition coefficient (Wildman–Crippen LogP) is 3.96. The predicted molar refractivity (Wildman–Crippen MR) is 76.8 cm³/mol. The maximum atomic E-state index is 6.55. The largest absolute Gasteiger partial charge is 0.493 e. The van der Waals surface area contributed by atoms with Crippen molar-refractivity contribution in [1.29, 1.82) is 0 Å². The Bertz CT molecular complexity index is 459. The molecule has 106 valence electrons. The van der Waals surface area contributed by atoms with Crippen molar-refractivity contribution in [2.24, 2.45) is 5.92 Å². The second-order valence-corrected chi connectivity index (χ2v) is 5.59. The van der Waals surface area contributed by atoms with E-state index in [-0.39, 0.29) is 5.38 Å². The Kier molecular flexibility index (Phi) is 4.46. The summed E-state index contributed by atoms with van der Waals surface area (Å²) in [4.78, 5) is 0. The Morgan fingerprint density at radius 1 is 1.11 bits per heavy atom. The van der Waals surface area contributed by atoms with Gasteiger partial charge in [-0.05, 0) is 36.8 Å². The molecule has 2 atom stereocenters. The van der Waals surface area contributed by atoms with E-state index < -0.39 is 0 Å². The SMILES string of the molecule is COc1cc2c(c(OC)c1OC)CCC(C)CC2Cl. The van der Waals surface area contributed by atoms with E-state index >= 15 is 0 Å². The number of fused-ring (bicyclic) bond motifs is 1. The number of hydrogen-bond acceptors (Lipinski definition) is 3. The summed E-state index contributed by atoms with van der Waals surface area (Å²) in [5.41, 5.74) is 2.27. The van der Waals surface area contributed by atoms with E-state index in [1.165, 1.54) is 0 Å². The van der Waals surface area contributed by atoms with E-state index in [1.807, 2.05) is 6.07 Å². The van der Waals surface area contributed by atoms with Gasteiger partial charge in [0.2, 0.25) is 5.75 Å². The van der Waals surface area contributed by atoms with Gasteiger partial charge < -0.3 is 14.2 Å². The Morgan fingerprint density at radius 2 is 1.79 bits per heavy atom. The van der Waals surface area contributed by atoms with E-state index in [9.17, 15) is 0 Å². The number of benzene rings is 1. The first-order valence-electron chi connectivity index (χ1n) is 6.58. The van der Waals surface area contributed by atoms with Crippen LogP contribution in [0.1, 0.15) is 36.3 Å². The van der Waals surface area contributed by atoms with Crippen LogP contribution in [-0.4, -0.2) is 21.3 Å². The number of halogens is 1. The quantitative estimate of drug-likeness (QED) is 0.621. The van der Waals surface area contributed by atoms with Crippen LogP contribution in [0.2, 0.25) is 0 Å². The molecule has 19 heavy (non-hydrogen) atoms. The molecule has 0 aliphatic heterocycles. The minimum atomic E-state index is 0.00112. The maximum absolute atomic E-state index is 6.55. The molecule has 0 aromatic heterocycles. The molecule has 0 saturated carbocycles. The molecule has 1 aliphatic rings. The average molecular weight is 285 g/mol. The van der Waals surface area contributed by atoms with Gasteiger partial charge in [-0.15, -0.1) is 11.6 Å². The van der Waals surface area contributed by atoms with Crippen molar-refractivity contribution in [3.05, 3.63) is 17.2 Å². The third-order valence-corrected chi connectivity index (χ3v) is 4.21. The summed E-state index contributed by atoms with van der Waals surface area (Å²) >= 11 is 6.55. The molecule has 0 amide bonds. The van der Waals surface area contributed by atoms with Crippen molar-refractivity contribution in [1.82, 2.24) is 0 Å². The molecule has 2 unspecified atom stereocenters. The standard InChI is InChI=1S/C15H21ClO3/c1-9-5-6-10-11(12(16)7-9)8-13(17-2)15(19-4)14(10)18-3/h8-9,12H,5-7H2,1-4H3. The summed E-state index contributed by atoms with van der Waals surface area (Å²) in [6.45, 7) is 2.24. The van der Waals surface area contributed by atoms with Gasteiger partial charge in [0, 0.05) is 5.56 Å². The van der Waals surface area contributed by atoms with Crippen molar-refractivity contribution in [2.75, 3.05) is 21.3 Å². The van der Waals surface area contributed by atoms with Crippen molar-refractivity contribution >= 4 is 11.6 Å². The number of alkyl halides is 1. The fourth-order valence-corrected chi connectivity index (χ4v) is 3.26. The number of ether oxygens (including phenoxy) is 3. The van der Waals surface area contributed by atoms with E-state index in [1.54, 1.807) is 21.3 Å². The number of rotatable bonds is 3. The Balaban J connectivity index is 2.61. The number of methoxy groups -OCH3 is 3. The second-order valence-electron chi connectivity index (χ2n) is 5.06. The highest BCUT2D eigenvalue weighted by Gasteiger charge is 2.27. The summed E-state index contributed by atoms with van der Waals surface area (Å²) in [5.74, 6) is 2.70. The zero-order valence-electron chi connectivity index (χ0n) is 12.0. The van der Waals surface area contributed by atoms with Gasteiger partial charge in [0.25, 0.3) is 0 Å². The van der Waals surface area contributed by atoms with Gasteiger partial charge in [0.15, 0.2) is 11.5 Å². The first-order chi connectivity index (χ1) is 9.12. The summed E-state index contributed by atoms with van der Waals surface area (Å²) in [5, 5.41) is 0.00112. The first kappa shape index (κ1) is 14.3. The van der Waals surface area contributed by atoms with Gasteiger partial charge in [-0.3, -0.25) is 0 Å². The molecular formula is C15H21ClO3. The van der Waals surface area contributed by atoms with Gasteiger partial charge >= 0.3 is 0 Å². The lowest BCUT2D eigenvalue weighted by molar-refractivity contribution is 0.321. The lowest BCUT2D eigenvalue weighted by atomic mass is 10.00. The maximum Gasteiger partial charge on any atom is 0.203 e. The normalized spacial score (nSPS) is 22.4. The molecular weight excluding hydrogens is 264 g/mol.